The quantitative estimate of drug-likeness (QED) is 0.691. The predicted octanol–water partition coefficient (Wildman–Crippen LogP) is 3.26. The van der Waals surface area contributed by atoms with E-state index in [1.807, 2.05) is 36.4 Å². The number of carbonyl (C=O) groups is 1. The zero-order valence-electron chi connectivity index (χ0n) is 13.3. The monoisotopic (exact) mass is 349 g/mol. The summed E-state index contributed by atoms with van der Waals surface area (Å²) in [5.74, 6) is 0.595. The average molecular weight is 349 g/mol. The second-order valence-electron chi connectivity index (χ2n) is 5.14. The Balaban J connectivity index is 1.55. The van der Waals surface area contributed by atoms with Crippen LogP contribution in [0.1, 0.15) is 12.0 Å². The second kappa shape index (κ2) is 8.13. The first-order valence-corrected chi connectivity index (χ1v) is 8.61. The van der Waals surface area contributed by atoms with Crippen LogP contribution in [0.5, 0.6) is 0 Å². The van der Waals surface area contributed by atoms with Crippen molar-refractivity contribution in [1.82, 2.24) is 14.8 Å². The van der Waals surface area contributed by atoms with Crippen LogP contribution in [0.2, 0.25) is 0 Å². The van der Waals surface area contributed by atoms with Crippen molar-refractivity contribution in [2.75, 3.05) is 11.1 Å². The van der Waals surface area contributed by atoms with Crippen molar-refractivity contribution in [3.05, 3.63) is 66.7 Å². The predicted molar refractivity (Wildman–Crippen MR) is 96.5 cm³/mol. The summed E-state index contributed by atoms with van der Waals surface area (Å²) in [6.45, 7) is 0. The number of carbonyl (C=O) groups excluding carboxylic acids is 1. The fraction of sp³-hybridized carbons (Fsp3) is 0.111. The Morgan fingerprint density at radius 3 is 2.72 bits per heavy atom. The zero-order chi connectivity index (χ0) is 17.5. The fourth-order valence-electron chi connectivity index (χ4n) is 2.21. The van der Waals surface area contributed by atoms with Gasteiger partial charge in [-0.3, -0.25) is 4.79 Å². The van der Waals surface area contributed by atoms with Gasteiger partial charge in [0.1, 0.15) is 12.7 Å². The number of benzene rings is 2. The normalized spacial score (nSPS) is 10.2. The van der Waals surface area contributed by atoms with Crippen molar-refractivity contribution in [2.24, 2.45) is 0 Å². The number of hydrogen-bond acceptors (Lipinski definition) is 5. The molecule has 2 aromatic carbocycles. The summed E-state index contributed by atoms with van der Waals surface area (Å²) in [4.78, 5) is 17.2. The molecule has 1 heterocycles. The lowest BCUT2D eigenvalue weighted by Gasteiger charge is -2.10. The molecule has 7 heteroatoms. The topological polar surface area (TPSA) is 83.6 Å². The van der Waals surface area contributed by atoms with Gasteiger partial charge in [-0.2, -0.15) is 10.4 Å². The van der Waals surface area contributed by atoms with Crippen LogP contribution in [0.15, 0.2) is 66.1 Å². The summed E-state index contributed by atoms with van der Waals surface area (Å²) >= 11 is 1.58. The van der Waals surface area contributed by atoms with E-state index in [0.29, 0.717) is 23.4 Å². The molecule has 0 saturated carbocycles. The minimum absolute atomic E-state index is 0.0614. The molecular weight excluding hydrogens is 334 g/mol. The Bertz CT molecular complexity index is 885. The maximum atomic E-state index is 12.2. The molecule has 3 aromatic rings. The molecule has 124 valence electrons. The maximum Gasteiger partial charge on any atom is 0.225 e. The van der Waals surface area contributed by atoms with Gasteiger partial charge < -0.3 is 5.32 Å². The van der Waals surface area contributed by atoms with Crippen molar-refractivity contribution in [2.45, 2.75) is 11.3 Å². The van der Waals surface area contributed by atoms with Gasteiger partial charge in [0.2, 0.25) is 5.91 Å². The van der Waals surface area contributed by atoms with E-state index in [1.165, 1.54) is 6.33 Å². The summed E-state index contributed by atoms with van der Waals surface area (Å²) in [7, 11) is 0. The first-order valence-electron chi connectivity index (χ1n) is 7.63. The Morgan fingerprint density at radius 1 is 1.20 bits per heavy atom. The molecule has 0 fully saturated rings. The molecule has 0 unspecified atom stereocenters. The summed E-state index contributed by atoms with van der Waals surface area (Å²) < 4.78 is 1.61. The van der Waals surface area contributed by atoms with Gasteiger partial charge in [0, 0.05) is 17.1 Å². The lowest BCUT2D eigenvalue weighted by atomic mass is 10.2. The lowest BCUT2D eigenvalue weighted by molar-refractivity contribution is -0.115. The van der Waals surface area contributed by atoms with Gasteiger partial charge in [-0.15, -0.1) is 11.8 Å². The minimum Gasteiger partial charge on any atom is -0.324 e. The van der Waals surface area contributed by atoms with Gasteiger partial charge >= 0.3 is 0 Å². The number of nitrogens with one attached hydrogen (secondary N) is 1. The van der Waals surface area contributed by atoms with Crippen LogP contribution in [0.25, 0.3) is 5.69 Å². The van der Waals surface area contributed by atoms with Crippen molar-refractivity contribution in [3.63, 3.8) is 0 Å². The number of para-hydroxylation sites is 2. The summed E-state index contributed by atoms with van der Waals surface area (Å²) in [5.41, 5.74) is 2.10. The number of nitriles is 1. The lowest BCUT2D eigenvalue weighted by Crippen LogP contribution is -2.14. The molecule has 0 spiro atoms. The van der Waals surface area contributed by atoms with Crippen LogP contribution in [-0.2, 0) is 4.79 Å². The van der Waals surface area contributed by atoms with Crippen LogP contribution < -0.4 is 5.32 Å². The molecular formula is C18H15N5OS. The number of aromatic nitrogens is 3. The maximum absolute atomic E-state index is 12.2. The molecule has 1 amide bonds. The Kier molecular flexibility index (Phi) is 5.44. The van der Waals surface area contributed by atoms with Gasteiger partial charge in [-0.1, -0.05) is 12.1 Å². The number of rotatable bonds is 6. The summed E-state index contributed by atoms with van der Waals surface area (Å²) in [6, 6.07) is 16.9. The molecule has 25 heavy (non-hydrogen) atoms. The number of thioether (sulfide) groups is 1. The van der Waals surface area contributed by atoms with E-state index in [0.717, 1.165) is 10.6 Å². The molecule has 3 rings (SSSR count). The third-order valence-corrected chi connectivity index (χ3v) is 4.44. The van der Waals surface area contributed by atoms with Crippen LogP contribution in [-0.4, -0.2) is 26.4 Å². The first-order chi connectivity index (χ1) is 12.3. The summed E-state index contributed by atoms with van der Waals surface area (Å²) in [5, 5.41) is 15.8. The highest BCUT2D eigenvalue weighted by atomic mass is 32.2. The van der Waals surface area contributed by atoms with E-state index in [4.69, 9.17) is 5.26 Å². The number of nitrogens with zero attached hydrogens (tertiary/aromatic N) is 4. The Labute approximate surface area is 149 Å². The number of amides is 1. The SMILES string of the molecule is N#Cc1ccc(SCCC(=O)Nc2ccccc2-n2cncn2)cc1. The van der Waals surface area contributed by atoms with E-state index >= 15 is 0 Å². The van der Waals surface area contributed by atoms with Crippen LogP contribution in [0.4, 0.5) is 5.69 Å². The Hall–Kier alpha value is -3.11. The van der Waals surface area contributed by atoms with Gasteiger partial charge in [-0.05, 0) is 36.4 Å². The van der Waals surface area contributed by atoms with Crippen molar-refractivity contribution >= 4 is 23.4 Å². The minimum atomic E-state index is -0.0614. The van der Waals surface area contributed by atoms with Crippen molar-refractivity contribution in [3.8, 4) is 11.8 Å². The van der Waals surface area contributed by atoms with E-state index < -0.39 is 0 Å². The molecule has 0 aliphatic rings. The fourth-order valence-corrected chi connectivity index (χ4v) is 3.06. The molecule has 0 saturated heterocycles. The second-order valence-corrected chi connectivity index (χ2v) is 6.31. The van der Waals surface area contributed by atoms with E-state index in [9.17, 15) is 4.79 Å². The van der Waals surface area contributed by atoms with Crippen LogP contribution in [0, 0.1) is 11.3 Å². The van der Waals surface area contributed by atoms with Gasteiger partial charge in [0.05, 0.1) is 23.0 Å². The van der Waals surface area contributed by atoms with Crippen molar-refractivity contribution < 1.29 is 4.79 Å². The molecule has 0 aliphatic heterocycles. The summed E-state index contributed by atoms with van der Waals surface area (Å²) in [6.07, 6.45) is 3.43. The average Bonchev–Trinajstić information content (AvgIpc) is 3.17. The zero-order valence-corrected chi connectivity index (χ0v) is 14.1. The van der Waals surface area contributed by atoms with Crippen LogP contribution in [0.3, 0.4) is 0 Å². The standard InChI is InChI=1S/C18H15N5OS/c19-11-14-5-7-15(8-6-14)25-10-9-18(24)22-16-3-1-2-4-17(16)23-13-20-12-21-23/h1-8,12-13H,9-10H2,(H,22,24). The number of anilines is 1. The number of hydrogen-bond donors (Lipinski definition) is 1. The smallest absolute Gasteiger partial charge is 0.225 e. The highest BCUT2D eigenvalue weighted by Crippen LogP contribution is 2.21. The third-order valence-electron chi connectivity index (χ3n) is 3.42. The molecule has 0 bridgehead atoms. The van der Waals surface area contributed by atoms with Gasteiger partial charge in [0.25, 0.3) is 0 Å². The first kappa shape index (κ1) is 16.7. The van der Waals surface area contributed by atoms with E-state index in [2.05, 4.69) is 21.5 Å². The van der Waals surface area contributed by atoms with E-state index in [-0.39, 0.29) is 5.91 Å². The molecule has 0 atom stereocenters. The molecule has 1 N–H and O–H groups in total. The molecule has 6 nitrogen and oxygen atoms in total. The van der Waals surface area contributed by atoms with Crippen molar-refractivity contribution in [1.29, 1.82) is 5.26 Å². The highest BCUT2D eigenvalue weighted by Gasteiger charge is 2.08. The third kappa shape index (κ3) is 4.46. The highest BCUT2D eigenvalue weighted by molar-refractivity contribution is 7.99. The van der Waals surface area contributed by atoms with Gasteiger partial charge in [0.15, 0.2) is 0 Å². The van der Waals surface area contributed by atoms with Gasteiger partial charge in [-0.25, -0.2) is 9.67 Å². The molecule has 0 radical (unpaired) electrons. The molecule has 1 aromatic heterocycles. The Morgan fingerprint density at radius 2 is 2.00 bits per heavy atom. The molecule has 0 aliphatic carbocycles. The van der Waals surface area contributed by atoms with E-state index in [1.54, 1.807) is 34.9 Å². The largest absolute Gasteiger partial charge is 0.324 e. The van der Waals surface area contributed by atoms with Crippen LogP contribution >= 0.6 is 11.8 Å².